The zero-order valence-electron chi connectivity index (χ0n) is 19.1. The fourth-order valence-electron chi connectivity index (χ4n) is 4.17. The van der Waals surface area contributed by atoms with Crippen molar-refractivity contribution in [2.24, 2.45) is 0 Å². The van der Waals surface area contributed by atoms with Crippen molar-refractivity contribution in [2.45, 2.75) is 33.8 Å². The van der Waals surface area contributed by atoms with E-state index in [1.165, 1.54) is 5.56 Å². The number of hydrogen-bond acceptors (Lipinski definition) is 5. The molecule has 0 saturated heterocycles. The van der Waals surface area contributed by atoms with Gasteiger partial charge in [0, 0.05) is 6.07 Å². The monoisotopic (exact) mass is 442 g/mol. The number of aryl methyl sites for hydroxylation is 3. The Morgan fingerprint density at radius 2 is 1.67 bits per heavy atom. The quantitative estimate of drug-likeness (QED) is 0.380. The molecule has 2 heterocycles. The highest BCUT2D eigenvalue weighted by Crippen LogP contribution is 2.36. The predicted octanol–water partition coefficient (Wildman–Crippen LogP) is 5.99. The molecule has 168 valence electrons. The van der Waals surface area contributed by atoms with Crippen LogP contribution < -0.4 is 19.6 Å². The van der Waals surface area contributed by atoms with Crippen molar-refractivity contribution in [1.82, 2.24) is 0 Å². The molecule has 0 bridgehead atoms. The average molecular weight is 443 g/mol. The number of ether oxygens (including phenoxy) is 3. The minimum absolute atomic E-state index is 0.0646. The Labute approximate surface area is 192 Å². The number of rotatable bonds is 5. The van der Waals surface area contributed by atoms with E-state index in [0.29, 0.717) is 53.6 Å². The van der Waals surface area contributed by atoms with E-state index < -0.39 is 0 Å². The smallest absolute Gasteiger partial charge is 0.200 e. The van der Waals surface area contributed by atoms with Crippen LogP contribution >= 0.6 is 0 Å². The maximum absolute atomic E-state index is 13.5. The molecular weight excluding hydrogens is 416 g/mol. The molecular formula is C28H26O5. The maximum Gasteiger partial charge on any atom is 0.200 e. The summed E-state index contributed by atoms with van der Waals surface area (Å²) in [6.07, 6.45) is 0.742. The lowest BCUT2D eigenvalue weighted by molar-refractivity contribution is 0.171. The molecule has 0 spiro atoms. The second-order valence-corrected chi connectivity index (χ2v) is 8.30. The molecule has 4 aromatic rings. The minimum Gasteiger partial charge on any atom is -0.488 e. The van der Waals surface area contributed by atoms with Crippen molar-refractivity contribution in [2.75, 3.05) is 13.2 Å². The summed E-state index contributed by atoms with van der Waals surface area (Å²) in [6.45, 7) is 7.40. The Bertz CT molecular complexity index is 1380. The van der Waals surface area contributed by atoms with Crippen molar-refractivity contribution in [3.8, 4) is 28.4 Å². The van der Waals surface area contributed by atoms with Crippen molar-refractivity contribution in [3.05, 3.63) is 87.3 Å². The van der Waals surface area contributed by atoms with Gasteiger partial charge in [0.05, 0.1) is 10.9 Å². The molecule has 0 unspecified atom stereocenters. The van der Waals surface area contributed by atoms with Crippen LogP contribution in [0.25, 0.3) is 22.1 Å². The van der Waals surface area contributed by atoms with E-state index in [1.54, 1.807) is 0 Å². The maximum atomic E-state index is 13.5. The summed E-state index contributed by atoms with van der Waals surface area (Å²) >= 11 is 0. The van der Waals surface area contributed by atoms with E-state index in [1.807, 2.05) is 37.3 Å². The van der Waals surface area contributed by atoms with E-state index >= 15 is 0 Å². The van der Waals surface area contributed by atoms with E-state index in [9.17, 15) is 4.79 Å². The largest absolute Gasteiger partial charge is 0.488 e. The summed E-state index contributed by atoms with van der Waals surface area (Å²) in [6, 6.07) is 17.6. The molecule has 33 heavy (non-hydrogen) atoms. The summed E-state index contributed by atoms with van der Waals surface area (Å²) in [5.74, 6) is 2.63. The van der Waals surface area contributed by atoms with Gasteiger partial charge in [-0.3, -0.25) is 4.79 Å². The van der Waals surface area contributed by atoms with Gasteiger partial charge in [-0.1, -0.05) is 42.8 Å². The highest BCUT2D eigenvalue weighted by atomic mass is 16.6. The summed E-state index contributed by atoms with van der Waals surface area (Å²) in [5.41, 5.74) is 5.03. The Balaban J connectivity index is 1.54. The van der Waals surface area contributed by atoms with Gasteiger partial charge < -0.3 is 18.6 Å². The normalized spacial score (nSPS) is 12.7. The highest BCUT2D eigenvalue weighted by Gasteiger charge is 2.19. The molecule has 5 nitrogen and oxygen atoms in total. The van der Waals surface area contributed by atoms with Gasteiger partial charge >= 0.3 is 0 Å². The molecule has 0 amide bonds. The SMILES string of the molecule is CCc1cc2c(=O)c(-c3ccc4c(c3)OCCO4)c(C)oc2cc1OCc1ccc(C)cc1. The van der Waals surface area contributed by atoms with Crippen LogP contribution in [0.1, 0.15) is 29.4 Å². The van der Waals surface area contributed by atoms with Crippen LogP contribution in [0.5, 0.6) is 17.2 Å². The van der Waals surface area contributed by atoms with Crippen molar-refractivity contribution in [1.29, 1.82) is 0 Å². The zero-order valence-corrected chi connectivity index (χ0v) is 19.1. The highest BCUT2D eigenvalue weighted by molar-refractivity contribution is 5.85. The summed E-state index contributed by atoms with van der Waals surface area (Å²) < 4.78 is 23.6. The Morgan fingerprint density at radius 3 is 2.42 bits per heavy atom. The minimum atomic E-state index is -0.0646. The molecule has 0 radical (unpaired) electrons. The second kappa shape index (κ2) is 8.66. The third kappa shape index (κ3) is 4.07. The first-order valence-electron chi connectivity index (χ1n) is 11.2. The lowest BCUT2D eigenvalue weighted by Gasteiger charge is -2.19. The van der Waals surface area contributed by atoms with Crippen LogP contribution in [0.3, 0.4) is 0 Å². The van der Waals surface area contributed by atoms with E-state index in [-0.39, 0.29) is 5.43 Å². The van der Waals surface area contributed by atoms with Gasteiger partial charge in [0.2, 0.25) is 5.43 Å². The Morgan fingerprint density at radius 1 is 0.909 bits per heavy atom. The van der Waals surface area contributed by atoms with Gasteiger partial charge in [0.25, 0.3) is 0 Å². The molecule has 1 aliphatic rings. The third-order valence-electron chi connectivity index (χ3n) is 5.98. The Kier molecular flexibility index (Phi) is 5.55. The van der Waals surface area contributed by atoms with E-state index in [2.05, 4.69) is 38.1 Å². The first-order chi connectivity index (χ1) is 16.0. The molecule has 1 aromatic heterocycles. The van der Waals surface area contributed by atoms with Gasteiger partial charge in [0.15, 0.2) is 11.5 Å². The van der Waals surface area contributed by atoms with Crippen LogP contribution in [-0.2, 0) is 13.0 Å². The zero-order chi connectivity index (χ0) is 22.9. The van der Waals surface area contributed by atoms with Crippen LogP contribution in [0.4, 0.5) is 0 Å². The molecule has 0 N–H and O–H groups in total. The molecule has 0 fully saturated rings. The molecule has 1 aliphatic heterocycles. The van der Waals surface area contributed by atoms with Crippen molar-refractivity contribution in [3.63, 3.8) is 0 Å². The van der Waals surface area contributed by atoms with Gasteiger partial charge in [-0.25, -0.2) is 0 Å². The van der Waals surface area contributed by atoms with E-state index in [0.717, 1.165) is 28.9 Å². The number of fused-ring (bicyclic) bond motifs is 2. The topological polar surface area (TPSA) is 57.9 Å². The predicted molar refractivity (Wildman–Crippen MR) is 129 cm³/mol. The standard InChI is InChI=1S/C28H26O5/c1-4-20-13-22-25(15-24(20)32-16-19-7-5-17(2)6-8-19)33-18(3)27(28(22)29)21-9-10-23-26(14-21)31-12-11-30-23/h5-10,13-15H,4,11-12,16H2,1-3H3. The lowest BCUT2D eigenvalue weighted by atomic mass is 10.00. The molecule has 3 aromatic carbocycles. The molecule has 5 heteroatoms. The molecule has 0 aliphatic carbocycles. The summed E-state index contributed by atoms with van der Waals surface area (Å²) in [7, 11) is 0. The van der Waals surface area contributed by atoms with Crippen LogP contribution in [0, 0.1) is 13.8 Å². The summed E-state index contributed by atoms with van der Waals surface area (Å²) in [4.78, 5) is 13.5. The van der Waals surface area contributed by atoms with Crippen LogP contribution in [-0.4, -0.2) is 13.2 Å². The third-order valence-corrected chi connectivity index (χ3v) is 5.98. The van der Waals surface area contributed by atoms with Gasteiger partial charge in [-0.05, 0) is 55.2 Å². The van der Waals surface area contributed by atoms with Crippen molar-refractivity contribution < 1.29 is 18.6 Å². The fourth-order valence-corrected chi connectivity index (χ4v) is 4.17. The first-order valence-corrected chi connectivity index (χ1v) is 11.2. The van der Waals surface area contributed by atoms with Crippen molar-refractivity contribution >= 4 is 11.0 Å². The fraction of sp³-hybridized carbons (Fsp3) is 0.250. The molecule has 0 saturated carbocycles. The first kappa shape index (κ1) is 21.1. The molecule has 5 rings (SSSR count). The van der Waals surface area contributed by atoms with Gasteiger partial charge in [0.1, 0.15) is 36.9 Å². The summed E-state index contributed by atoms with van der Waals surface area (Å²) in [5, 5.41) is 0.546. The van der Waals surface area contributed by atoms with Gasteiger partial charge in [-0.2, -0.15) is 0 Å². The van der Waals surface area contributed by atoms with Crippen LogP contribution in [0.15, 0.2) is 63.8 Å². The average Bonchev–Trinajstić information content (AvgIpc) is 2.83. The second-order valence-electron chi connectivity index (χ2n) is 8.30. The lowest BCUT2D eigenvalue weighted by Crippen LogP contribution is -2.15. The van der Waals surface area contributed by atoms with E-state index in [4.69, 9.17) is 18.6 Å². The molecule has 0 atom stereocenters. The van der Waals surface area contributed by atoms with Crippen LogP contribution in [0.2, 0.25) is 0 Å². The number of hydrogen-bond donors (Lipinski definition) is 0. The van der Waals surface area contributed by atoms with Gasteiger partial charge in [-0.15, -0.1) is 0 Å². The number of benzene rings is 3. The Hall–Kier alpha value is -3.73.